The van der Waals surface area contributed by atoms with E-state index in [0.29, 0.717) is 5.16 Å². The Hall–Kier alpha value is -2.97. The lowest BCUT2D eigenvalue weighted by Crippen LogP contribution is -2.30. The summed E-state index contributed by atoms with van der Waals surface area (Å²) in [5.74, 6) is 0.150. The minimum absolute atomic E-state index is 0.0742. The number of nitrogens with zero attached hydrogens (tertiary/aromatic N) is 4. The highest BCUT2D eigenvalue weighted by Crippen LogP contribution is 2.26. The normalized spacial score (nSPS) is 11.9. The van der Waals surface area contributed by atoms with E-state index >= 15 is 0 Å². The molecular formula is C20H17N5OS2. The van der Waals surface area contributed by atoms with E-state index in [1.807, 2.05) is 78.2 Å². The van der Waals surface area contributed by atoms with Gasteiger partial charge in [0.25, 0.3) is 0 Å². The molecule has 4 rings (SSSR count). The SMILES string of the molecule is O=C(CSc1nnnn1-c1ccccc1)N[C@H](c1ccccc1)c1cccs1. The highest BCUT2D eigenvalue weighted by molar-refractivity contribution is 7.99. The second-order valence-corrected chi connectivity index (χ2v) is 7.85. The molecule has 0 radical (unpaired) electrons. The summed E-state index contributed by atoms with van der Waals surface area (Å²) in [4.78, 5) is 13.8. The molecule has 2 heterocycles. The topological polar surface area (TPSA) is 72.7 Å². The summed E-state index contributed by atoms with van der Waals surface area (Å²) in [6.45, 7) is 0. The second-order valence-electron chi connectivity index (χ2n) is 5.92. The van der Waals surface area contributed by atoms with E-state index in [-0.39, 0.29) is 17.7 Å². The molecule has 0 fully saturated rings. The number of hydrogen-bond acceptors (Lipinski definition) is 6. The third kappa shape index (κ3) is 4.29. The molecule has 0 aliphatic heterocycles. The number of thiophene rings is 1. The van der Waals surface area contributed by atoms with E-state index in [2.05, 4.69) is 20.8 Å². The lowest BCUT2D eigenvalue weighted by Gasteiger charge is -2.18. The Balaban J connectivity index is 1.45. The Labute approximate surface area is 170 Å². The van der Waals surface area contributed by atoms with Gasteiger partial charge in [-0.2, -0.15) is 4.68 Å². The van der Waals surface area contributed by atoms with Gasteiger partial charge >= 0.3 is 0 Å². The van der Waals surface area contributed by atoms with Crippen molar-refractivity contribution in [3.63, 3.8) is 0 Å². The largest absolute Gasteiger partial charge is 0.344 e. The van der Waals surface area contributed by atoms with Gasteiger partial charge in [0.05, 0.1) is 17.5 Å². The van der Waals surface area contributed by atoms with Crippen LogP contribution in [-0.2, 0) is 4.79 Å². The molecule has 2 aromatic heterocycles. The molecule has 0 aliphatic carbocycles. The predicted octanol–water partition coefficient (Wildman–Crippen LogP) is 3.72. The van der Waals surface area contributed by atoms with Crippen LogP contribution >= 0.6 is 23.1 Å². The summed E-state index contributed by atoms with van der Waals surface area (Å²) in [5, 5.41) is 17.5. The van der Waals surface area contributed by atoms with Gasteiger partial charge in [0.1, 0.15) is 0 Å². The molecule has 28 heavy (non-hydrogen) atoms. The van der Waals surface area contributed by atoms with Crippen LogP contribution < -0.4 is 5.32 Å². The molecular weight excluding hydrogens is 390 g/mol. The Morgan fingerprint density at radius 2 is 1.79 bits per heavy atom. The van der Waals surface area contributed by atoms with Gasteiger partial charge in [-0.1, -0.05) is 66.4 Å². The zero-order chi connectivity index (χ0) is 19.2. The van der Waals surface area contributed by atoms with E-state index in [1.54, 1.807) is 16.0 Å². The number of hydrogen-bond donors (Lipinski definition) is 1. The molecule has 0 aliphatic rings. The van der Waals surface area contributed by atoms with Crippen LogP contribution in [0.4, 0.5) is 0 Å². The van der Waals surface area contributed by atoms with Gasteiger partial charge in [-0.15, -0.1) is 16.4 Å². The van der Waals surface area contributed by atoms with Crippen molar-refractivity contribution in [3.05, 3.63) is 88.6 Å². The lowest BCUT2D eigenvalue weighted by atomic mass is 10.1. The maximum atomic E-state index is 12.7. The van der Waals surface area contributed by atoms with E-state index in [4.69, 9.17) is 0 Å². The van der Waals surface area contributed by atoms with Crippen LogP contribution in [0.1, 0.15) is 16.5 Å². The Bertz CT molecular complexity index is 1020. The summed E-state index contributed by atoms with van der Waals surface area (Å²) in [6, 6.07) is 23.4. The fourth-order valence-electron chi connectivity index (χ4n) is 2.75. The minimum Gasteiger partial charge on any atom is -0.344 e. The molecule has 0 unspecified atom stereocenters. The summed E-state index contributed by atoms with van der Waals surface area (Å²) in [6.07, 6.45) is 0. The first-order chi connectivity index (χ1) is 13.8. The van der Waals surface area contributed by atoms with Gasteiger partial charge in [-0.25, -0.2) is 0 Å². The first kappa shape index (κ1) is 18.4. The molecule has 4 aromatic rings. The average Bonchev–Trinajstić information content (AvgIpc) is 3.44. The number of para-hydroxylation sites is 1. The van der Waals surface area contributed by atoms with Crippen LogP contribution in [0.15, 0.2) is 83.3 Å². The van der Waals surface area contributed by atoms with Gasteiger partial charge in [0.15, 0.2) is 0 Å². The maximum Gasteiger partial charge on any atom is 0.231 e. The third-order valence-electron chi connectivity index (χ3n) is 4.04. The van der Waals surface area contributed by atoms with Crippen LogP contribution in [0.2, 0.25) is 0 Å². The van der Waals surface area contributed by atoms with Crippen LogP contribution in [0.5, 0.6) is 0 Å². The number of carbonyl (C=O) groups is 1. The van der Waals surface area contributed by atoms with E-state index < -0.39 is 0 Å². The van der Waals surface area contributed by atoms with Crippen molar-refractivity contribution in [1.29, 1.82) is 0 Å². The third-order valence-corrected chi connectivity index (χ3v) is 5.90. The summed E-state index contributed by atoms with van der Waals surface area (Å²) >= 11 is 2.93. The van der Waals surface area contributed by atoms with Crippen molar-refractivity contribution < 1.29 is 4.79 Å². The number of benzene rings is 2. The van der Waals surface area contributed by atoms with Crippen molar-refractivity contribution in [2.75, 3.05) is 5.75 Å². The minimum atomic E-state index is -0.167. The number of amides is 1. The lowest BCUT2D eigenvalue weighted by molar-refractivity contribution is -0.119. The molecule has 0 bridgehead atoms. The maximum absolute atomic E-state index is 12.7. The van der Waals surface area contributed by atoms with Gasteiger partial charge in [-0.05, 0) is 39.6 Å². The van der Waals surface area contributed by atoms with Crippen molar-refractivity contribution >= 4 is 29.0 Å². The highest BCUT2D eigenvalue weighted by atomic mass is 32.2. The molecule has 8 heteroatoms. The Morgan fingerprint density at radius 1 is 1.04 bits per heavy atom. The molecule has 2 aromatic carbocycles. The van der Waals surface area contributed by atoms with Gasteiger partial charge < -0.3 is 5.32 Å². The molecule has 1 atom stereocenters. The molecule has 0 spiro atoms. The van der Waals surface area contributed by atoms with E-state index in [0.717, 1.165) is 16.1 Å². The average molecular weight is 408 g/mol. The highest BCUT2D eigenvalue weighted by Gasteiger charge is 2.19. The van der Waals surface area contributed by atoms with Crippen molar-refractivity contribution in [3.8, 4) is 5.69 Å². The fourth-order valence-corrected chi connectivity index (χ4v) is 4.26. The van der Waals surface area contributed by atoms with E-state index in [9.17, 15) is 4.79 Å². The molecule has 1 N–H and O–H groups in total. The van der Waals surface area contributed by atoms with Gasteiger partial charge in [0, 0.05) is 4.88 Å². The first-order valence-electron chi connectivity index (χ1n) is 8.65. The molecule has 140 valence electrons. The number of rotatable bonds is 7. The number of tetrazole rings is 1. The zero-order valence-corrected chi connectivity index (χ0v) is 16.4. The smallest absolute Gasteiger partial charge is 0.231 e. The van der Waals surface area contributed by atoms with Gasteiger partial charge in [-0.3, -0.25) is 4.79 Å². The predicted molar refractivity (Wildman–Crippen MR) is 111 cm³/mol. The molecule has 0 saturated heterocycles. The quantitative estimate of drug-likeness (QED) is 0.473. The summed E-state index contributed by atoms with van der Waals surface area (Å²) in [7, 11) is 0. The molecule has 1 amide bonds. The number of nitrogens with one attached hydrogen (secondary N) is 1. The second kappa shape index (κ2) is 8.81. The summed E-state index contributed by atoms with van der Waals surface area (Å²) < 4.78 is 1.63. The van der Waals surface area contributed by atoms with Crippen LogP contribution in [0.3, 0.4) is 0 Å². The Morgan fingerprint density at radius 3 is 2.50 bits per heavy atom. The Kier molecular flexibility index (Phi) is 5.79. The van der Waals surface area contributed by atoms with Crippen molar-refractivity contribution in [1.82, 2.24) is 25.5 Å². The van der Waals surface area contributed by atoms with Crippen LogP contribution in [0, 0.1) is 0 Å². The molecule has 0 saturated carbocycles. The number of aromatic nitrogens is 4. The van der Waals surface area contributed by atoms with Crippen LogP contribution in [0.25, 0.3) is 5.69 Å². The number of carbonyl (C=O) groups excluding carboxylic acids is 1. The standard InChI is InChI=1S/C20H17N5OS2/c26-18(14-28-20-22-23-24-25(20)16-10-5-2-6-11-16)21-19(17-12-7-13-27-17)15-8-3-1-4-9-15/h1-13,19H,14H2,(H,21,26)/t19-/m1/s1. The first-order valence-corrected chi connectivity index (χ1v) is 10.5. The monoisotopic (exact) mass is 407 g/mol. The summed E-state index contributed by atoms with van der Waals surface area (Å²) in [5.41, 5.74) is 1.91. The molecule has 6 nitrogen and oxygen atoms in total. The van der Waals surface area contributed by atoms with E-state index in [1.165, 1.54) is 11.8 Å². The van der Waals surface area contributed by atoms with Crippen molar-refractivity contribution in [2.45, 2.75) is 11.2 Å². The van der Waals surface area contributed by atoms with Crippen LogP contribution in [-0.4, -0.2) is 31.9 Å². The fraction of sp³-hybridized carbons (Fsp3) is 0.100. The number of thioether (sulfide) groups is 1. The van der Waals surface area contributed by atoms with Crippen molar-refractivity contribution in [2.24, 2.45) is 0 Å². The zero-order valence-electron chi connectivity index (χ0n) is 14.8. The van der Waals surface area contributed by atoms with Gasteiger partial charge in [0.2, 0.25) is 11.1 Å².